The highest BCUT2D eigenvalue weighted by atomic mass is 16.3. The van der Waals surface area contributed by atoms with Crippen LogP contribution in [-0.2, 0) is 13.0 Å². The van der Waals surface area contributed by atoms with Gasteiger partial charge in [0.15, 0.2) is 0 Å². The maximum atomic E-state index is 9.95. The lowest BCUT2D eigenvalue weighted by molar-refractivity contribution is 0.197. The van der Waals surface area contributed by atoms with Crippen LogP contribution in [0.2, 0.25) is 0 Å². The van der Waals surface area contributed by atoms with Crippen LogP contribution >= 0.6 is 0 Å². The lowest BCUT2D eigenvalue weighted by Gasteiger charge is -2.35. The molecule has 2 N–H and O–H groups in total. The number of phenols is 1. The second-order valence-corrected chi connectivity index (χ2v) is 7.05. The Balaban J connectivity index is 1.69. The number of imidazole rings is 1. The molecule has 6 nitrogen and oxygen atoms in total. The van der Waals surface area contributed by atoms with Gasteiger partial charge in [0.2, 0.25) is 0 Å². The number of nitrogens with zero attached hydrogens (tertiary/aromatic N) is 4. The number of H-pyrrole nitrogens is 1. The Morgan fingerprint density at radius 2 is 2.15 bits per heavy atom. The predicted octanol–water partition coefficient (Wildman–Crippen LogP) is 3.18. The zero-order chi connectivity index (χ0) is 18.1. The highest BCUT2D eigenvalue weighted by molar-refractivity contribution is 5.36. The minimum atomic E-state index is -0.00503. The molecule has 4 rings (SSSR count). The summed E-state index contributed by atoms with van der Waals surface area (Å²) >= 11 is 0. The van der Waals surface area contributed by atoms with Crippen molar-refractivity contribution in [3.05, 3.63) is 71.3 Å². The van der Waals surface area contributed by atoms with Crippen LogP contribution in [0.15, 0.2) is 42.9 Å². The molecule has 0 spiro atoms. The standard InChI is InChI=1S/C20H23N5O/c1-13(2)20-21-8-6-15(24-20)11-25-9-7-17-18(23-12-22-17)19(25)14-4-3-5-16(26)10-14/h3-6,8,10,12-13,19,26H,7,9,11H2,1-2H3,(H,22,23)/t19-/m0/s1. The molecule has 0 amide bonds. The van der Waals surface area contributed by atoms with Gasteiger partial charge in [-0.25, -0.2) is 15.0 Å². The normalized spacial score (nSPS) is 17.4. The van der Waals surface area contributed by atoms with Gasteiger partial charge in [0.05, 0.1) is 23.8 Å². The third-order valence-electron chi connectivity index (χ3n) is 4.82. The average Bonchev–Trinajstić information content (AvgIpc) is 3.10. The molecule has 26 heavy (non-hydrogen) atoms. The van der Waals surface area contributed by atoms with Gasteiger partial charge in [-0.15, -0.1) is 0 Å². The average molecular weight is 349 g/mol. The predicted molar refractivity (Wildman–Crippen MR) is 98.8 cm³/mol. The molecule has 6 heteroatoms. The number of aromatic nitrogens is 4. The molecule has 0 fully saturated rings. The summed E-state index contributed by atoms with van der Waals surface area (Å²) in [7, 11) is 0. The fraction of sp³-hybridized carbons (Fsp3) is 0.350. The molecule has 1 aromatic carbocycles. The van der Waals surface area contributed by atoms with Crippen molar-refractivity contribution in [2.75, 3.05) is 6.54 Å². The summed E-state index contributed by atoms with van der Waals surface area (Å²) in [5.41, 5.74) is 4.24. The van der Waals surface area contributed by atoms with E-state index >= 15 is 0 Å². The first-order chi connectivity index (χ1) is 12.6. The SMILES string of the molecule is CC(C)c1nccc(CN2CCc3[nH]cnc3[C@@H]2c2cccc(O)c2)n1. The first-order valence-corrected chi connectivity index (χ1v) is 8.98. The van der Waals surface area contributed by atoms with E-state index in [0.717, 1.165) is 42.3 Å². The lowest BCUT2D eigenvalue weighted by Crippen LogP contribution is -2.36. The maximum absolute atomic E-state index is 9.95. The number of nitrogens with one attached hydrogen (secondary N) is 1. The van der Waals surface area contributed by atoms with Gasteiger partial charge in [0.25, 0.3) is 0 Å². The second kappa shape index (κ2) is 6.88. The van der Waals surface area contributed by atoms with E-state index in [9.17, 15) is 5.11 Å². The van der Waals surface area contributed by atoms with Crippen molar-refractivity contribution in [1.82, 2.24) is 24.8 Å². The second-order valence-electron chi connectivity index (χ2n) is 7.05. The third kappa shape index (κ3) is 3.20. The van der Waals surface area contributed by atoms with E-state index in [2.05, 4.69) is 33.7 Å². The van der Waals surface area contributed by atoms with Crippen LogP contribution in [-0.4, -0.2) is 36.5 Å². The van der Waals surface area contributed by atoms with Gasteiger partial charge >= 0.3 is 0 Å². The van der Waals surface area contributed by atoms with Crippen LogP contribution in [0.4, 0.5) is 0 Å². The number of fused-ring (bicyclic) bond motifs is 1. The first-order valence-electron chi connectivity index (χ1n) is 8.98. The van der Waals surface area contributed by atoms with Crippen LogP contribution in [0, 0.1) is 0 Å². The highest BCUT2D eigenvalue weighted by Crippen LogP contribution is 2.35. The van der Waals surface area contributed by atoms with Crippen molar-refractivity contribution in [2.24, 2.45) is 0 Å². The Hall–Kier alpha value is -2.73. The van der Waals surface area contributed by atoms with Crippen molar-refractivity contribution in [3.8, 4) is 5.75 Å². The van der Waals surface area contributed by atoms with Crippen LogP contribution in [0.25, 0.3) is 0 Å². The number of phenolic OH excluding ortho intramolecular Hbond substituents is 1. The summed E-state index contributed by atoms with van der Waals surface area (Å²) in [4.78, 5) is 19.3. The van der Waals surface area contributed by atoms with Gasteiger partial charge < -0.3 is 10.1 Å². The Bertz CT molecular complexity index is 904. The minimum absolute atomic E-state index is 0.00503. The van der Waals surface area contributed by atoms with E-state index in [0.29, 0.717) is 5.92 Å². The van der Waals surface area contributed by atoms with E-state index < -0.39 is 0 Å². The molecule has 1 atom stereocenters. The van der Waals surface area contributed by atoms with E-state index in [1.807, 2.05) is 30.5 Å². The minimum Gasteiger partial charge on any atom is -0.508 e. The van der Waals surface area contributed by atoms with Crippen molar-refractivity contribution in [2.45, 2.75) is 38.8 Å². The first kappa shape index (κ1) is 16.7. The summed E-state index contributed by atoms with van der Waals surface area (Å²) in [5.74, 6) is 1.44. The number of aromatic hydroxyl groups is 1. The van der Waals surface area contributed by atoms with Gasteiger partial charge in [-0.3, -0.25) is 4.90 Å². The Morgan fingerprint density at radius 1 is 1.27 bits per heavy atom. The molecule has 0 radical (unpaired) electrons. The summed E-state index contributed by atoms with van der Waals surface area (Å²) in [5, 5.41) is 9.95. The molecule has 134 valence electrons. The number of rotatable bonds is 4. The van der Waals surface area contributed by atoms with Gasteiger partial charge in [0.1, 0.15) is 11.6 Å². The molecule has 0 saturated heterocycles. The number of aromatic amines is 1. The smallest absolute Gasteiger partial charge is 0.131 e. The third-order valence-corrected chi connectivity index (χ3v) is 4.82. The van der Waals surface area contributed by atoms with E-state index in [1.54, 1.807) is 12.4 Å². The number of hydrogen-bond donors (Lipinski definition) is 2. The molecule has 1 aliphatic heterocycles. The lowest BCUT2D eigenvalue weighted by atomic mass is 9.95. The molecule has 3 aromatic rings. The zero-order valence-electron chi connectivity index (χ0n) is 15.1. The molecule has 0 bridgehead atoms. The van der Waals surface area contributed by atoms with Crippen LogP contribution < -0.4 is 0 Å². The molecular formula is C20H23N5O. The molecule has 1 aliphatic rings. The Labute approximate surface area is 153 Å². The molecular weight excluding hydrogens is 326 g/mol. The van der Waals surface area contributed by atoms with Crippen molar-refractivity contribution >= 4 is 0 Å². The Morgan fingerprint density at radius 3 is 2.96 bits per heavy atom. The largest absolute Gasteiger partial charge is 0.508 e. The molecule has 0 saturated carbocycles. The van der Waals surface area contributed by atoms with Gasteiger partial charge in [0, 0.05) is 37.3 Å². The van der Waals surface area contributed by atoms with Crippen LogP contribution in [0.5, 0.6) is 5.75 Å². The van der Waals surface area contributed by atoms with E-state index in [1.165, 1.54) is 5.69 Å². The summed E-state index contributed by atoms with van der Waals surface area (Å²) in [6, 6.07) is 9.41. The summed E-state index contributed by atoms with van der Waals surface area (Å²) < 4.78 is 0. The quantitative estimate of drug-likeness (QED) is 0.756. The van der Waals surface area contributed by atoms with Crippen LogP contribution in [0.1, 0.15) is 54.3 Å². The summed E-state index contributed by atoms with van der Waals surface area (Å²) in [6.45, 7) is 5.82. The molecule has 3 heterocycles. The molecule has 0 unspecified atom stereocenters. The molecule has 0 aliphatic carbocycles. The van der Waals surface area contributed by atoms with Crippen LogP contribution in [0.3, 0.4) is 0 Å². The summed E-state index contributed by atoms with van der Waals surface area (Å²) in [6.07, 6.45) is 4.52. The number of hydrogen-bond acceptors (Lipinski definition) is 5. The molecule has 2 aromatic heterocycles. The zero-order valence-corrected chi connectivity index (χ0v) is 15.1. The topological polar surface area (TPSA) is 77.9 Å². The van der Waals surface area contributed by atoms with Crippen molar-refractivity contribution in [1.29, 1.82) is 0 Å². The maximum Gasteiger partial charge on any atom is 0.131 e. The van der Waals surface area contributed by atoms with Crippen molar-refractivity contribution < 1.29 is 5.11 Å². The van der Waals surface area contributed by atoms with Gasteiger partial charge in [-0.1, -0.05) is 26.0 Å². The van der Waals surface area contributed by atoms with Crippen molar-refractivity contribution in [3.63, 3.8) is 0 Å². The fourth-order valence-electron chi connectivity index (χ4n) is 3.55. The fourth-order valence-corrected chi connectivity index (χ4v) is 3.55. The van der Waals surface area contributed by atoms with Gasteiger partial charge in [-0.05, 0) is 23.8 Å². The monoisotopic (exact) mass is 349 g/mol. The number of benzene rings is 1. The van der Waals surface area contributed by atoms with E-state index in [-0.39, 0.29) is 11.8 Å². The highest BCUT2D eigenvalue weighted by Gasteiger charge is 2.31. The van der Waals surface area contributed by atoms with E-state index in [4.69, 9.17) is 4.98 Å². The van der Waals surface area contributed by atoms with Gasteiger partial charge in [-0.2, -0.15) is 0 Å². The Kier molecular flexibility index (Phi) is 4.42.